The van der Waals surface area contributed by atoms with Crippen molar-refractivity contribution in [2.75, 3.05) is 17.7 Å². The van der Waals surface area contributed by atoms with Gasteiger partial charge in [-0.15, -0.1) is 0 Å². The predicted octanol–water partition coefficient (Wildman–Crippen LogP) is 4.10. The second-order valence-corrected chi connectivity index (χ2v) is 5.95. The Bertz CT molecular complexity index is 661. The molecule has 6 heteroatoms. The van der Waals surface area contributed by atoms with Crippen molar-refractivity contribution in [3.05, 3.63) is 40.6 Å². The average Bonchev–Trinajstić information content (AvgIpc) is 3.28. The van der Waals surface area contributed by atoms with E-state index in [2.05, 4.69) is 26.2 Å². The van der Waals surface area contributed by atoms with Gasteiger partial charge in [-0.3, -0.25) is 0 Å². The fraction of sp³-hybridized carbons (Fsp3) is 0.267. The minimum atomic E-state index is -0.333. The number of benzene rings is 1. The summed E-state index contributed by atoms with van der Waals surface area (Å²) in [5.74, 6) is 1.28. The maximum Gasteiger partial charge on any atom is 0.239 e. The van der Waals surface area contributed by atoms with Gasteiger partial charge in [0.1, 0.15) is 11.6 Å². The van der Waals surface area contributed by atoms with Gasteiger partial charge in [-0.25, -0.2) is 4.39 Å². The Morgan fingerprint density at radius 1 is 1.33 bits per heavy atom. The molecule has 0 spiro atoms. The number of halogens is 2. The Labute approximate surface area is 130 Å². The molecular weight excluding hydrogens is 337 g/mol. The molecule has 1 aromatic carbocycles. The van der Waals surface area contributed by atoms with Crippen LogP contribution in [0, 0.1) is 11.7 Å². The molecule has 0 aliphatic heterocycles. The topological polar surface area (TPSA) is 60.2 Å². The summed E-state index contributed by atoms with van der Waals surface area (Å²) in [5.41, 5.74) is 6.97. The summed E-state index contributed by atoms with van der Waals surface area (Å²) in [7, 11) is 0. The van der Waals surface area contributed by atoms with E-state index in [1.54, 1.807) is 24.3 Å². The monoisotopic (exact) mass is 351 g/mol. The SMILES string of the molecule is Nc1ccc(Nc2ccc(Br)c(F)c2)nc1OCC1CC1. The number of nitrogens with one attached hydrogen (secondary N) is 1. The van der Waals surface area contributed by atoms with Gasteiger partial charge in [0.25, 0.3) is 0 Å². The number of hydrogen-bond acceptors (Lipinski definition) is 4. The molecule has 1 fully saturated rings. The lowest BCUT2D eigenvalue weighted by atomic mass is 10.3. The largest absolute Gasteiger partial charge is 0.476 e. The lowest BCUT2D eigenvalue weighted by molar-refractivity contribution is 0.290. The smallest absolute Gasteiger partial charge is 0.239 e. The standard InChI is InChI=1S/C15H15BrFN3O/c16-11-4-3-10(7-12(11)17)19-14-6-5-13(18)15(20-14)21-8-9-1-2-9/h3-7,9H,1-2,8,18H2,(H,19,20). The van der Waals surface area contributed by atoms with Crippen LogP contribution in [0.4, 0.5) is 21.6 Å². The fourth-order valence-corrected chi connectivity index (χ4v) is 2.09. The summed E-state index contributed by atoms with van der Waals surface area (Å²) < 4.78 is 19.5. The van der Waals surface area contributed by atoms with Crippen molar-refractivity contribution in [2.45, 2.75) is 12.8 Å². The second kappa shape index (κ2) is 5.89. The van der Waals surface area contributed by atoms with E-state index >= 15 is 0 Å². The van der Waals surface area contributed by atoms with E-state index in [1.165, 1.54) is 18.9 Å². The molecule has 0 radical (unpaired) electrons. The molecule has 0 bridgehead atoms. The second-order valence-electron chi connectivity index (χ2n) is 5.10. The van der Waals surface area contributed by atoms with Gasteiger partial charge in [0, 0.05) is 5.69 Å². The van der Waals surface area contributed by atoms with Crippen LogP contribution < -0.4 is 15.8 Å². The molecule has 3 N–H and O–H groups in total. The normalized spacial score (nSPS) is 14.0. The van der Waals surface area contributed by atoms with Crippen LogP contribution in [-0.4, -0.2) is 11.6 Å². The molecular formula is C15H15BrFN3O. The Kier molecular flexibility index (Phi) is 3.96. The van der Waals surface area contributed by atoms with Crippen LogP contribution in [0.1, 0.15) is 12.8 Å². The molecule has 110 valence electrons. The maximum absolute atomic E-state index is 13.5. The van der Waals surface area contributed by atoms with Crippen LogP contribution in [0.15, 0.2) is 34.8 Å². The summed E-state index contributed by atoms with van der Waals surface area (Å²) in [6.07, 6.45) is 2.41. The van der Waals surface area contributed by atoms with Crippen LogP contribution in [0.25, 0.3) is 0 Å². The number of anilines is 3. The third kappa shape index (κ3) is 3.64. The van der Waals surface area contributed by atoms with E-state index in [0.717, 1.165) is 0 Å². The lowest BCUT2D eigenvalue weighted by Crippen LogP contribution is -2.05. The Morgan fingerprint density at radius 3 is 2.86 bits per heavy atom. The number of aromatic nitrogens is 1. The summed E-state index contributed by atoms with van der Waals surface area (Å²) in [5, 5.41) is 3.04. The first-order valence-corrected chi connectivity index (χ1v) is 7.52. The summed E-state index contributed by atoms with van der Waals surface area (Å²) in [6.45, 7) is 0.646. The van der Waals surface area contributed by atoms with Crippen molar-refractivity contribution in [1.82, 2.24) is 4.98 Å². The Balaban J connectivity index is 1.74. The molecule has 1 saturated carbocycles. The van der Waals surface area contributed by atoms with E-state index in [4.69, 9.17) is 10.5 Å². The molecule has 21 heavy (non-hydrogen) atoms. The van der Waals surface area contributed by atoms with E-state index in [1.807, 2.05) is 0 Å². The molecule has 4 nitrogen and oxygen atoms in total. The number of nitrogens with two attached hydrogens (primary N) is 1. The number of nitrogen functional groups attached to an aromatic ring is 1. The zero-order valence-corrected chi connectivity index (χ0v) is 12.9. The highest BCUT2D eigenvalue weighted by Crippen LogP contribution is 2.31. The van der Waals surface area contributed by atoms with Crippen LogP contribution in [0.2, 0.25) is 0 Å². The van der Waals surface area contributed by atoms with Gasteiger partial charge in [0.15, 0.2) is 0 Å². The van der Waals surface area contributed by atoms with Crippen molar-refractivity contribution in [3.63, 3.8) is 0 Å². The van der Waals surface area contributed by atoms with Crippen molar-refractivity contribution >= 4 is 33.1 Å². The first-order valence-electron chi connectivity index (χ1n) is 6.73. The first-order chi connectivity index (χ1) is 10.1. The summed E-state index contributed by atoms with van der Waals surface area (Å²) >= 11 is 3.12. The van der Waals surface area contributed by atoms with Gasteiger partial charge < -0.3 is 15.8 Å². The van der Waals surface area contributed by atoms with Crippen LogP contribution in [0.5, 0.6) is 5.88 Å². The number of rotatable bonds is 5. The van der Waals surface area contributed by atoms with Gasteiger partial charge in [0.05, 0.1) is 16.8 Å². The third-order valence-corrected chi connectivity index (χ3v) is 3.88. The molecule has 2 aromatic rings. The lowest BCUT2D eigenvalue weighted by Gasteiger charge is -2.11. The number of nitrogens with zero attached hydrogens (tertiary/aromatic N) is 1. The quantitative estimate of drug-likeness (QED) is 0.851. The van der Waals surface area contributed by atoms with Gasteiger partial charge in [-0.1, -0.05) is 0 Å². The van der Waals surface area contributed by atoms with Crippen molar-refractivity contribution in [3.8, 4) is 5.88 Å². The van der Waals surface area contributed by atoms with Crippen LogP contribution in [-0.2, 0) is 0 Å². The van der Waals surface area contributed by atoms with Gasteiger partial charge in [-0.2, -0.15) is 4.98 Å². The molecule has 1 aromatic heterocycles. The maximum atomic E-state index is 13.5. The molecule has 1 aliphatic carbocycles. The number of pyridine rings is 1. The highest BCUT2D eigenvalue weighted by atomic mass is 79.9. The van der Waals surface area contributed by atoms with E-state index in [9.17, 15) is 4.39 Å². The van der Waals surface area contributed by atoms with Gasteiger partial charge in [0.2, 0.25) is 5.88 Å². The predicted molar refractivity (Wildman–Crippen MR) is 84.3 cm³/mol. The minimum absolute atomic E-state index is 0.333. The van der Waals surface area contributed by atoms with Crippen molar-refractivity contribution in [2.24, 2.45) is 5.92 Å². The zero-order valence-electron chi connectivity index (χ0n) is 11.3. The van der Waals surface area contributed by atoms with E-state index in [-0.39, 0.29) is 5.82 Å². The number of ether oxygens (including phenoxy) is 1. The van der Waals surface area contributed by atoms with Crippen molar-refractivity contribution < 1.29 is 9.13 Å². The highest BCUT2D eigenvalue weighted by molar-refractivity contribution is 9.10. The summed E-state index contributed by atoms with van der Waals surface area (Å²) in [6, 6.07) is 8.26. The van der Waals surface area contributed by atoms with Gasteiger partial charge >= 0.3 is 0 Å². The number of hydrogen-bond donors (Lipinski definition) is 2. The fourth-order valence-electron chi connectivity index (χ4n) is 1.84. The molecule has 1 heterocycles. The van der Waals surface area contributed by atoms with Crippen LogP contribution >= 0.6 is 15.9 Å². The molecule has 1 aliphatic rings. The Hall–Kier alpha value is -1.82. The van der Waals surface area contributed by atoms with E-state index < -0.39 is 0 Å². The molecule has 0 amide bonds. The first kappa shape index (κ1) is 14.1. The highest BCUT2D eigenvalue weighted by Gasteiger charge is 2.22. The molecule has 0 unspecified atom stereocenters. The molecule has 0 saturated heterocycles. The van der Waals surface area contributed by atoms with Crippen LogP contribution in [0.3, 0.4) is 0 Å². The van der Waals surface area contributed by atoms with Crippen molar-refractivity contribution in [1.29, 1.82) is 0 Å². The third-order valence-electron chi connectivity index (χ3n) is 3.23. The van der Waals surface area contributed by atoms with Gasteiger partial charge in [-0.05, 0) is 65.0 Å². The average molecular weight is 352 g/mol. The molecule has 3 rings (SSSR count). The molecule has 0 atom stereocenters. The summed E-state index contributed by atoms with van der Waals surface area (Å²) in [4.78, 5) is 4.33. The minimum Gasteiger partial charge on any atom is -0.476 e. The van der Waals surface area contributed by atoms with E-state index in [0.29, 0.717) is 40.1 Å². The zero-order chi connectivity index (χ0) is 14.8. The Morgan fingerprint density at radius 2 is 2.14 bits per heavy atom.